The molecule has 2 rings (SSSR count). The van der Waals surface area contributed by atoms with Crippen molar-refractivity contribution in [1.82, 2.24) is 10.1 Å². The second kappa shape index (κ2) is 5.62. The topological polar surface area (TPSA) is 92.9 Å². The standard InChI is InChI=1S/C13H18N2O5/c1-7(2)11-10(8(3)14-20-11)12(16)15-4-5-19-6-9(15)13(17)18/h7,9H,4-6H2,1-3H3,(H,17,18). The van der Waals surface area contributed by atoms with E-state index in [1.165, 1.54) is 4.90 Å². The Kier molecular flexibility index (Phi) is 4.08. The number of carboxylic acid groups (broad SMARTS) is 1. The Bertz CT molecular complexity index is 523. The highest BCUT2D eigenvalue weighted by atomic mass is 16.5. The number of morpholine rings is 1. The van der Waals surface area contributed by atoms with Gasteiger partial charge in [0.15, 0.2) is 11.8 Å². The molecule has 0 aromatic carbocycles. The van der Waals surface area contributed by atoms with Crippen LogP contribution < -0.4 is 0 Å². The number of nitrogens with zero attached hydrogens (tertiary/aromatic N) is 2. The predicted octanol–water partition coefficient (Wildman–Crippen LogP) is 1.03. The third kappa shape index (κ3) is 2.53. The molecule has 0 aliphatic carbocycles. The molecule has 1 unspecified atom stereocenters. The normalized spacial score (nSPS) is 19.4. The monoisotopic (exact) mass is 282 g/mol. The van der Waals surface area contributed by atoms with Gasteiger partial charge in [-0.05, 0) is 6.92 Å². The van der Waals surface area contributed by atoms with Crippen LogP contribution in [-0.4, -0.2) is 52.8 Å². The molecule has 1 amide bonds. The largest absolute Gasteiger partial charge is 0.480 e. The molecule has 0 spiro atoms. The fourth-order valence-electron chi connectivity index (χ4n) is 2.24. The highest BCUT2D eigenvalue weighted by molar-refractivity contribution is 5.98. The van der Waals surface area contributed by atoms with Gasteiger partial charge in [0, 0.05) is 12.5 Å². The third-order valence-corrected chi connectivity index (χ3v) is 3.30. The summed E-state index contributed by atoms with van der Waals surface area (Å²) in [4.78, 5) is 25.2. The van der Waals surface area contributed by atoms with Crippen LogP contribution in [0.3, 0.4) is 0 Å². The lowest BCUT2D eigenvalue weighted by molar-refractivity contribution is -0.147. The summed E-state index contributed by atoms with van der Waals surface area (Å²) in [6.07, 6.45) is 0. The van der Waals surface area contributed by atoms with E-state index in [1.807, 2.05) is 13.8 Å². The van der Waals surface area contributed by atoms with Gasteiger partial charge in [-0.3, -0.25) is 4.79 Å². The number of carbonyl (C=O) groups is 2. The molecule has 1 N–H and O–H groups in total. The van der Waals surface area contributed by atoms with Gasteiger partial charge in [-0.1, -0.05) is 19.0 Å². The molecule has 2 heterocycles. The number of aryl methyl sites for hydroxylation is 1. The Labute approximate surface area is 116 Å². The number of carboxylic acids is 1. The van der Waals surface area contributed by atoms with E-state index in [2.05, 4.69) is 5.16 Å². The molecule has 0 saturated carbocycles. The van der Waals surface area contributed by atoms with Crippen molar-refractivity contribution < 1.29 is 24.0 Å². The zero-order valence-electron chi connectivity index (χ0n) is 11.8. The number of ether oxygens (including phenoxy) is 1. The Morgan fingerprint density at radius 1 is 1.45 bits per heavy atom. The van der Waals surface area contributed by atoms with Crippen molar-refractivity contribution in [3.63, 3.8) is 0 Å². The minimum Gasteiger partial charge on any atom is -0.480 e. The molecule has 1 aromatic rings. The predicted molar refractivity (Wildman–Crippen MR) is 68.6 cm³/mol. The van der Waals surface area contributed by atoms with Gasteiger partial charge in [0.1, 0.15) is 5.56 Å². The minimum atomic E-state index is -1.07. The van der Waals surface area contributed by atoms with Crippen LogP contribution in [0.4, 0.5) is 0 Å². The fraction of sp³-hybridized carbons (Fsp3) is 0.615. The molecule has 1 aliphatic heterocycles. The molecule has 0 radical (unpaired) electrons. The summed E-state index contributed by atoms with van der Waals surface area (Å²) < 4.78 is 10.3. The summed E-state index contributed by atoms with van der Waals surface area (Å²) in [7, 11) is 0. The zero-order chi connectivity index (χ0) is 14.9. The first-order valence-corrected chi connectivity index (χ1v) is 6.51. The summed E-state index contributed by atoms with van der Waals surface area (Å²) in [5.74, 6) is -0.941. The Balaban J connectivity index is 2.34. The molecule has 1 saturated heterocycles. The van der Waals surface area contributed by atoms with Crippen LogP contribution in [0, 0.1) is 6.92 Å². The molecular weight excluding hydrogens is 264 g/mol. The number of amides is 1. The summed E-state index contributed by atoms with van der Waals surface area (Å²) in [6.45, 7) is 6.05. The first kappa shape index (κ1) is 14.5. The van der Waals surface area contributed by atoms with E-state index in [9.17, 15) is 14.7 Å². The van der Waals surface area contributed by atoms with Crippen molar-refractivity contribution in [2.24, 2.45) is 0 Å². The summed E-state index contributed by atoms with van der Waals surface area (Å²) in [5, 5.41) is 13.0. The lowest BCUT2D eigenvalue weighted by Gasteiger charge is -2.32. The summed E-state index contributed by atoms with van der Waals surface area (Å²) in [5.41, 5.74) is 0.850. The molecule has 20 heavy (non-hydrogen) atoms. The Morgan fingerprint density at radius 2 is 2.15 bits per heavy atom. The van der Waals surface area contributed by atoms with E-state index in [-0.39, 0.29) is 25.0 Å². The maximum absolute atomic E-state index is 12.6. The number of hydrogen-bond donors (Lipinski definition) is 1. The van der Waals surface area contributed by atoms with Crippen molar-refractivity contribution >= 4 is 11.9 Å². The average molecular weight is 282 g/mol. The number of hydrogen-bond acceptors (Lipinski definition) is 5. The van der Waals surface area contributed by atoms with Crippen molar-refractivity contribution in [1.29, 1.82) is 0 Å². The van der Waals surface area contributed by atoms with E-state index >= 15 is 0 Å². The van der Waals surface area contributed by atoms with E-state index in [0.29, 0.717) is 23.6 Å². The van der Waals surface area contributed by atoms with Crippen LogP contribution in [0.5, 0.6) is 0 Å². The quantitative estimate of drug-likeness (QED) is 0.890. The van der Waals surface area contributed by atoms with Gasteiger partial charge in [-0.2, -0.15) is 0 Å². The summed E-state index contributed by atoms with van der Waals surface area (Å²) >= 11 is 0. The van der Waals surface area contributed by atoms with Crippen molar-refractivity contribution in [2.45, 2.75) is 32.7 Å². The summed E-state index contributed by atoms with van der Waals surface area (Å²) in [6, 6.07) is -0.967. The van der Waals surface area contributed by atoms with Crippen LogP contribution in [0.1, 0.15) is 41.6 Å². The van der Waals surface area contributed by atoms with Crippen LogP contribution in [-0.2, 0) is 9.53 Å². The number of aliphatic carboxylic acids is 1. The van der Waals surface area contributed by atoms with Crippen LogP contribution in [0.25, 0.3) is 0 Å². The van der Waals surface area contributed by atoms with E-state index in [1.54, 1.807) is 6.92 Å². The average Bonchev–Trinajstić information content (AvgIpc) is 2.80. The van der Waals surface area contributed by atoms with Gasteiger partial charge < -0.3 is 19.3 Å². The molecule has 7 nitrogen and oxygen atoms in total. The second-order valence-electron chi connectivity index (χ2n) is 5.09. The number of carbonyl (C=O) groups excluding carboxylic acids is 1. The number of rotatable bonds is 3. The fourth-order valence-corrected chi connectivity index (χ4v) is 2.24. The van der Waals surface area contributed by atoms with E-state index < -0.39 is 12.0 Å². The van der Waals surface area contributed by atoms with Gasteiger partial charge in [0.05, 0.1) is 18.9 Å². The molecule has 1 fully saturated rings. The van der Waals surface area contributed by atoms with Crippen molar-refractivity contribution in [2.75, 3.05) is 19.8 Å². The molecular formula is C13H18N2O5. The highest BCUT2D eigenvalue weighted by Gasteiger charge is 2.36. The SMILES string of the molecule is Cc1noc(C(C)C)c1C(=O)N1CCOCC1C(=O)O. The molecule has 1 atom stereocenters. The maximum Gasteiger partial charge on any atom is 0.328 e. The Hall–Kier alpha value is -1.89. The van der Waals surface area contributed by atoms with E-state index in [4.69, 9.17) is 9.26 Å². The van der Waals surface area contributed by atoms with Gasteiger partial charge >= 0.3 is 5.97 Å². The zero-order valence-corrected chi connectivity index (χ0v) is 11.8. The van der Waals surface area contributed by atoms with Crippen LogP contribution >= 0.6 is 0 Å². The lowest BCUT2D eigenvalue weighted by atomic mass is 10.0. The number of aromatic nitrogens is 1. The van der Waals surface area contributed by atoms with Crippen LogP contribution in [0.15, 0.2) is 4.52 Å². The lowest BCUT2D eigenvalue weighted by Crippen LogP contribution is -2.52. The second-order valence-corrected chi connectivity index (χ2v) is 5.09. The van der Waals surface area contributed by atoms with Gasteiger partial charge in [0.25, 0.3) is 5.91 Å². The van der Waals surface area contributed by atoms with Crippen molar-refractivity contribution in [3.8, 4) is 0 Å². The molecule has 7 heteroatoms. The van der Waals surface area contributed by atoms with Gasteiger partial charge in [-0.15, -0.1) is 0 Å². The van der Waals surface area contributed by atoms with E-state index in [0.717, 1.165) is 0 Å². The van der Waals surface area contributed by atoms with Gasteiger partial charge in [-0.25, -0.2) is 4.79 Å². The molecule has 0 bridgehead atoms. The first-order valence-electron chi connectivity index (χ1n) is 6.51. The van der Waals surface area contributed by atoms with Crippen molar-refractivity contribution in [3.05, 3.63) is 17.0 Å². The minimum absolute atomic E-state index is 0.000492. The van der Waals surface area contributed by atoms with Gasteiger partial charge in [0.2, 0.25) is 0 Å². The third-order valence-electron chi connectivity index (χ3n) is 3.30. The van der Waals surface area contributed by atoms with Crippen LogP contribution in [0.2, 0.25) is 0 Å². The Morgan fingerprint density at radius 3 is 2.75 bits per heavy atom. The smallest absolute Gasteiger partial charge is 0.328 e. The highest BCUT2D eigenvalue weighted by Crippen LogP contribution is 2.25. The first-order chi connectivity index (χ1) is 9.43. The molecule has 1 aliphatic rings. The maximum atomic E-state index is 12.6. The molecule has 110 valence electrons. The molecule has 1 aromatic heterocycles.